The second-order valence-corrected chi connectivity index (χ2v) is 6.47. The maximum absolute atomic E-state index is 5.51. The molecular weight excluding hydrogens is 294 g/mol. The van der Waals surface area contributed by atoms with Crippen molar-refractivity contribution in [2.24, 2.45) is 0 Å². The summed E-state index contributed by atoms with van der Waals surface area (Å²) in [5, 5.41) is 0. The van der Waals surface area contributed by atoms with Crippen LogP contribution in [-0.2, 0) is 6.42 Å². The van der Waals surface area contributed by atoms with Crippen LogP contribution in [0.3, 0.4) is 0 Å². The van der Waals surface area contributed by atoms with Crippen LogP contribution in [0.5, 0.6) is 5.75 Å². The summed E-state index contributed by atoms with van der Waals surface area (Å²) in [6.07, 6.45) is 9.72. The molecule has 130 valence electrons. The fourth-order valence-corrected chi connectivity index (χ4v) is 2.96. The summed E-state index contributed by atoms with van der Waals surface area (Å²) in [6.45, 7) is 7.20. The smallest absolute Gasteiger partial charge is 0.119 e. The van der Waals surface area contributed by atoms with Crippen molar-refractivity contribution in [1.82, 2.24) is 4.98 Å². The highest BCUT2D eigenvalue weighted by atomic mass is 16.5. The molecule has 0 spiro atoms. The average molecular weight is 325 g/mol. The molecule has 1 aromatic carbocycles. The quantitative estimate of drug-likeness (QED) is 0.489. The van der Waals surface area contributed by atoms with Crippen LogP contribution in [-0.4, -0.2) is 11.6 Å². The number of nitrogens with zero attached hydrogens (tertiary/aromatic N) is 1. The van der Waals surface area contributed by atoms with Gasteiger partial charge in [0, 0.05) is 17.8 Å². The van der Waals surface area contributed by atoms with Gasteiger partial charge in [0.15, 0.2) is 0 Å². The zero-order valence-electron chi connectivity index (χ0n) is 15.4. The maximum atomic E-state index is 5.51. The van der Waals surface area contributed by atoms with Crippen LogP contribution in [0.25, 0.3) is 0 Å². The summed E-state index contributed by atoms with van der Waals surface area (Å²) >= 11 is 0. The molecule has 2 rings (SSSR count). The molecule has 0 bridgehead atoms. The molecule has 1 atom stereocenters. The molecule has 2 aromatic rings. The standard InChI is InChI=1S/C22H31NO/c1-4-6-7-8-9-10-21-14-11-20(17-23-21)18(3)19-12-15-22(16-13-19)24-5-2/h11-18H,4-10H2,1-3H3. The van der Waals surface area contributed by atoms with Crippen LogP contribution in [0.1, 0.15) is 75.6 Å². The summed E-state index contributed by atoms with van der Waals surface area (Å²) in [5.74, 6) is 1.29. The predicted octanol–water partition coefficient (Wildman–Crippen LogP) is 6.15. The van der Waals surface area contributed by atoms with Crippen LogP contribution in [0.15, 0.2) is 42.6 Å². The largest absolute Gasteiger partial charge is 0.494 e. The molecule has 0 saturated carbocycles. The number of rotatable bonds is 10. The van der Waals surface area contributed by atoms with Gasteiger partial charge in [-0.15, -0.1) is 0 Å². The van der Waals surface area contributed by atoms with Crippen LogP contribution < -0.4 is 4.74 Å². The minimum atomic E-state index is 0.354. The lowest BCUT2D eigenvalue weighted by molar-refractivity contribution is 0.340. The van der Waals surface area contributed by atoms with Gasteiger partial charge in [-0.3, -0.25) is 4.98 Å². The second kappa shape index (κ2) is 10.1. The van der Waals surface area contributed by atoms with Gasteiger partial charge in [-0.05, 0) is 49.1 Å². The highest BCUT2D eigenvalue weighted by Crippen LogP contribution is 2.25. The monoisotopic (exact) mass is 325 g/mol. The third kappa shape index (κ3) is 5.67. The molecule has 0 aliphatic carbocycles. The number of ether oxygens (including phenoxy) is 1. The Bertz CT molecular complexity index is 574. The molecule has 1 aromatic heterocycles. The maximum Gasteiger partial charge on any atom is 0.119 e. The van der Waals surface area contributed by atoms with Crippen molar-refractivity contribution >= 4 is 0 Å². The van der Waals surface area contributed by atoms with Gasteiger partial charge in [-0.25, -0.2) is 0 Å². The molecule has 2 nitrogen and oxygen atoms in total. The molecule has 0 amide bonds. The lowest BCUT2D eigenvalue weighted by atomic mass is 9.94. The first-order valence-corrected chi connectivity index (χ1v) is 9.42. The predicted molar refractivity (Wildman–Crippen MR) is 102 cm³/mol. The molecule has 2 heteroatoms. The van der Waals surface area contributed by atoms with Crippen molar-refractivity contribution in [2.45, 2.75) is 65.2 Å². The number of aromatic nitrogens is 1. The van der Waals surface area contributed by atoms with Gasteiger partial charge in [0.05, 0.1) is 6.61 Å². The molecule has 0 radical (unpaired) electrons. The Morgan fingerprint density at radius 1 is 0.875 bits per heavy atom. The van der Waals surface area contributed by atoms with E-state index < -0.39 is 0 Å². The molecule has 0 fully saturated rings. The number of benzene rings is 1. The first-order chi connectivity index (χ1) is 11.7. The number of aryl methyl sites for hydroxylation is 1. The van der Waals surface area contributed by atoms with E-state index in [4.69, 9.17) is 4.74 Å². The van der Waals surface area contributed by atoms with Gasteiger partial charge in [-0.2, -0.15) is 0 Å². The van der Waals surface area contributed by atoms with E-state index in [1.807, 2.05) is 25.3 Å². The van der Waals surface area contributed by atoms with E-state index in [0.29, 0.717) is 12.5 Å². The first-order valence-electron chi connectivity index (χ1n) is 9.42. The van der Waals surface area contributed by atoms with E-state index in [-0.39, 0.29) is 0 Å². The van der Waals surface area contributed by atoms with E-state index >= 15 is 0 Å². The normalized spacial score (nSPS) is 12.1. The van der Waals surface area contributed by atoms with E-state index in [2.05, 4.69) is 43.1 Å². The van der Waals surface area contributed by atoms with Crippen molar-refractivity contribution in [3.8, 4) is 5.75 Å². The van der Waals surface area contributed by atoms with Crippen molar-refractivity contribution < 1.29 is 4.74 Å². The molecule has 1 heterocycles. The zero-order valence-corrected chi connectivity index (χ0v) is 15.4. The van der Waals surface area contributed by atoms with Gasteiger partial charge in [-0.1, -0.05) is 57.7 Å². The summed E-state index contributed by atoms with van der Waals surface area (Å²) in [6, 6.07) is 12.8. The Labute approximate surface area is 147 Å². The molecular formula is C22H31NO. The fourth-order valence-electron chi connectivity index (χ4n) is 2.96. The molecule has 24 heavy (non-hydrogen) atoms. The number of unbranched alkanes of at least 4 members (excludes halogenated alkanes) is 4. The highest BCUT2D eigenvalue weighted by molar-refractivity contribution is 5.34. The average Bonchev–Trinajstić information content (AvgIpc) is 2.62. The first kappa shape index (κ1) is 18.5. The van der Waals surface area contributed by atoms with E-state index in [1.54, 1.807) is 0 Å². The summed E-state index contributed by atoms with van der Waals surface area (Å²) in [4.78, 5) is 4.67. The lowest BCUT2D eigenvalue weighted by Crippen LogP contribution is -1.99. The van der Waals surface area contributed by atoms with Gasteiger partial charge in [0.2, 0.25) is 0 Å². The van der Waals surface area contributed by atoms with Crippen molar-refractivity contribution in [1.29, 1.82) is 0 Å². The summed E-state index contributed by atoms with van der Waals surface area (Å²) in [5.41, 5.74) is 3.79. The molecule has 0 N–H and O–H groups in total. The van der Waals surface area contributed by atoms with Crippen LogP contribution >= 0.6 is 0 Å². The second-order valence-electron chi connectivity index (χ2n) is 6.47. The van der Waals surface area contributed by atoms with Crippen molar-refractivity contribution in [3.63, 3.8) is 0 Å². The highest BCUT2D eigenvalue weighted by Gasteiger charge is 2.09. The van der Waals surface area contributed by atoms with Gasteiger partial charge in [0.25, 0.3) is 0 Å². The zero-order chi connectivity index (χ0) is 17.2. The van der Waals surface area contributed by atoms with E-state index in [0.717, 1.165) is 12.2 Å². The van der Waals surface area contributed by atoms with Gasteiger partial charge >= 0.3 is 0 Å². The Morgan fingerprint density at radius 2 is 1.58 bits per heavy atom. The lowest BCUT2D eigenvalue weighted by Gasteiger charge is -2.13. The van der Waals surface area contributed by atoms with Crippen molar-refractivity contribution in [2.75, 3.05) is 6.61 Å². The molecule has 0 aliphatic rings. The Morgan fingerprint density at radius 3 is 2.21 bits per heavy atom. The van der Waals surface area contributed by atoms with Crippen molar-refractivity contribution in [3.05, 3.63) is 59.4 Å². The number of pyridine rings is 1. The molecule has 1 unspecified atom stereocenters. The fraction of sp³-hybridized carbons (Fsp3) is 0.500. The SMILES string of the molecule is CCCCCCCc1ccc(C(C)c2ccc(OCC)cc2)cn1. The van der Waals surface area contributed by atoms with E-state index in [1.165, 1.54) is 48.9 Å². The Kier molecular flexibility index (Phi) is 7.81. The third-order valence-electron chi connectivity index (χ3n) is 4.58. The van der Waals surface area contributed by atoms with Crippen LogP contribution in [0.2, 0.25) is 0 Å². The Hall–Kier alpha value is -1.83. The van der Waals surface area contributed by atoms with Gasteiger partial charge < -0.3 is 4.74 Å². The summed E-state index contributed by atoms with van der Waals surface area (Å²) < 4.78 is 5.51. The number of hydrogen-bond donors (Lipinski definition) is 0. The minimum Gasteiger partial charge on any atom is -0.494 e. The molecule has 0 saturated heterocycles. The van der Waals surface area contributed by atoms with Crippen LogP contribution in [0.4, 0.5) is 0 Å². The summed E-state index contributed by atoms with van der Waals surface area (Å²) in [7, 11) is 0. The van der Waals surface area contributed by atoms with Gasteiger partial charge in [0.1, 0.15) is 5.75 Å². The topological polar surface area (TPSA) is 22.1 Å². The minimum absolute atomic E-state index is 0.354. The molecule has 0 aliphatic heterocycles. The third-order valence-corrected chi connectivity index (χ3v) is 4.58. The van der Waals surface area contributed by atoms with E-state index in [9.17, 15) is 0 Å². The van der Waals surface area contributed by atoms with Crippen LogP contribution in [0, 0.1) is 0 Å². The Balaban J connectivity index is 1.89. The number of hydrogen-bond acceptors (Lipinski definition) is 2.